The zero-order valence-electron chi connectivity index (χ0n) is 17.6. The molecule has 164 valence electrons. The average molecular weight is 476 g/mol. The highest BCUT2D eigenvalue weighted by Crippen LogP contribution is 2.41. The summed E-state index contributed by atoms with van der Waals surface area (Å²) in [5.74, 6) is -1.05. The molecule has 33 heavy (non-hydrogen) atoms. The summed E-state index contributed by atoms with van der Waals surface area (Å²) < 4.78 is 2.01. The smallest absolute Gasteiger partial charge is 0.353 e. The molecule has 2 N–H and O–H groups in total. The zero-order chi connectivity index (χ0) is 23.1. The molecule has 1 atom stereocenters. The first-order chi connectivity index (χ1) is 15.9. The van der Waals surface area contributed by atoms with Crippen LogP contribution in [0.3, 0.4) is 0 Å². The standard InChI is InChI=1S/C26H19Cl2N3O2/c1-15(16-7-9-18(27)10-8-16)31-14-29-23(17-5-3-2-4-6-17)25(31)22-20-12-11-19(28)13-21(20)30-24(22)26(32)33/h2-15,30H,1H3,(H,32,33). The minimum Gasteiger partial charge on any atom is -0.477 e. The molecule has 0 amide bonds. The number of carboxylic acid groups (broad SMARTS) is 1. The normalized spacial score (nSPS) is 12.2. The maximum Gasteiger partial charge on any atom is 0.353 e. The topological polar surface area (TPSA) is 70.9 Å². The van der Waals surface area contributed by atoms with E-state index in [0.717, 1.165) is 22.2 Å². The van der Waals surface area contributed by atoms with Crippen LogP contribution in [0.2, 0.25) is 10.0 Å². The van der Waals surface area contributed by atoms with Gasteiger partial charge in [-0.2, -0.15) is 0 Å². The lowest BCUT2D eigenvalue weighted by Crippen LogP contribution is -2.09. The monoisotopic (exact) mass is 475 g/mol. The number of carbonyl (C=O) groups is 1. The number of benzene rings is 3. The van der Waals surface area contributed by atoms with E-state index in [1.165, 1.54) is 0 Å². The number of nitrogens with one attached hydrogen (secondary N) is 1. The Labute approximate surface area is 200 Å². The predicted octanol–water partition coefficient (Wildman–Crippen LogP) is 7.31. The summed E-state index contributed by atoms with van der Waals surface area (Å²) >= 11 is 12.3. The van der Waals surface area contributed by atoms with Gasteiger partial charge in [-0.1, -0.05) is 71.7 Å². The number of carboxylic acids is 1. The quantitative estimate of drug-likeness (QED) is 0.279. The average Bonchev–Trinajstić information content (AvgIpc) is 3.40. The van der Waals surface area contributed by atoms with E-state index in [4.69, 9.17) is 28.2 Å². The minimum absolute atomic E-state index is 0.0921. The summed E-state index contributed by atoms with van der Waals surface area (Å²) in [5, 5.41) is 12.0. The number of aromatic amines is 1. The van der Waals surface area contributed by atoms with E-state index < -0.39 is 5.97 Å². The maximum absolute atomic E-state index is 12.3. The molecule has 5 nitrogen and oxygen atoms in total. The molecule has 2 heterocycles. The van der Waals surface area contributed by atoms with Crippen LogP contribution in [0.4, 0.5) is 0 Å². The number of imidazole rings is 1. The SMILES string of the molecule is CC(c1ccc(Cl)cc1)n1cnc(-c2ccccc2)c1-c1c(C(=O)O)[nH]c2cc(Cl)ccc12. The van der Waals surface area contributed by atoms with Crippen LogP contribution in [0.15, 0.2) is 79.1 Å². The lowest BCUT2D eigenvalue weighted by atomic mass is 10.00. The van der Waals surface area contributed by atoms with Gasteiger partial charge in [0.2, 0.25) is 0 Å². The van der Waals surface area contributed by atoms with E-state index in [1.807, 2.05) is 65.2 Å². The summed E-state index contributed by atoms with van der Waals surface area (Å²) in [6.07, 6.45) is 1.76. The van der Waals surface area contributed by atoms with Crippen molar-refractivity contribution in [1.29, 1.82) is 0 Å². The molecule has 0 radical (unpaired) electrons. The highest BCUT2D eigenvalue weighted by Gasteiger charge is 2.27. The Hall–Kier alpha value is -3.54. The number of aromatic nitrogens is 3. The van der Waals surface area contributed by atoms with Crippen LogP contribution in [0, 0.1) is 0 Å². The molecular formula is C26H19Cl2N3O2. The Bertz CT molecular complexity index is 1470. The third-order valence-corrected chi connectivity index (χ3v) is 6.31. The number of halogens is 2. The number of nitrogens with zero attached hydrogens (tertiary/aromatic N) is 2. The van der Waals surface area contributed by atoms with E-state index in [2.05, 4.69) is 11.9 Å². The van der Waals surface area contributed by atoms with Gasteiger partial charge in [-0.3, -0.25) is 0 Å². The van der Waals surface area contributed by atoms with Crippen LogP contribution < -0.4 is 0 Å². The lowest BCUT2D eigenvalue weighted by molar-refractivity contribution is 0.0692. The zero-order valence-corrected chi connectivity index (χ0v) is 19.1. The van der Waals surface area contributed by atoms with Gasteiger partial charge in [0.15, 0.2) is 0 Å². The number of hydrogen-bond donors (Lipinski definition) is 2. The summed E-state index contributed by atoms with van der Waals surface area (Å²) in [6.45, 7) is 2.05. The van der Waals surface area contributed by atoms with Crippen molar-refractivity contribution in [2.24, 2.45) is 0 Å². The molecule has 0 aliphatic heterocycles. The fourth-order valence-corrected chi connectivity index (χ4v) is 4.49. The fraction of sp³-hybridized carbons (Fsp3) is 0.0769. The number of aromatic carboxylic acids is 1. The van der Waals surface area contributed by atoms with Crippen molar-refractivity contribution >= 4 is 40.1 Å². The third kappa shape index (κ3) is 3.80. The summed E-state index contributed by atoms with van der Waals surface area (Å²) in [5.41, 5.74) is 4.66. The first-order valence-corrected chi connectivity index (χ1v) is 11.1. The first-order valence-electron chi connectivity index (χ1n) is 10.4. The molecule has 0 fully saturated rings. The molecule has 7 heteroatoms. The molecular weight excluding hydrogens is 457 g/mol. The van der Waals surface area contributed by atoms with Gasteiger partial charge in [0.25, 0.3) is 0 Å². The van der Waals surface area contributed by atoms with Gasteiger partial charge in [-0.05, 0) is 36.8 Å². The minimum atomic E-state index is -1.05. The Morgan fingerprint density at radius 3 is 2.39 bits per heavy atom. The Balaban J connectivity index is 1.83. The van der Waals surface area contributed by atoms with Crippen LogP contribution in [0.5, 0.6) is 0 Å². The van der Waals surface area contributed by atoms with E-state index in [-0.39, 0.29) is 11.7 Å². The number of fused-ring (bicyclic) bond motifs is 1. The van der Waals surface area contributed by atoms with Crippen LogP contribution in [-0.2, 0) is 0 Å². The molecule has 3 aromatic carbocycles. The molecule has 0 spiro atoms. The van der Waals surface area contributed by atoms with Crippen molar-refractivity contribution in [3.05, 3.63) is 100 Å². The van der Waals surface area contributed by atoms with E-state index in [9.17, 15) is 9.90 Å². The second kappa shape index (κ2) is 8.43. The van der Waals surface area contributed by atoms with Crippen molar-refractivity contribution in [1.82, 2.24) is 14.5 Å². The van der Waals surface area contributed by atoms with E-state index >= 15 is 0 Å². The van der Waals surface area contributed by atoms with Crippen LogP contribution in [-0.4, -0.2) is 25.6 Å². The van der Waals surface area contributed by atoms with Crippen molar-refractivity contribution < 1.29 is 9.90 Å². The van der Waals surface area contributed by atoms with Gasteiger partial charge in [-0.25, -0.2) is 9.78 Å². The molecule has 0 bridgehead atoms. The fourth-order valence-electron chi connectivity index (χ4n) is 4.19. The Morgan fingerprint density at radius 1 is 1.00 bits per heavy atom. The second-order valence-electron chi connectivity index (χ2n) is 7.81. The van der Waals surface area contributed by atoms with Gasteiger partial charge < -0.3 is 14.7 Å². The summed E-state index contributed by atoms with van der Waals surface area (Å²) in [7, 11) is 0. The van der Waals surface area contributed by atoms with E-state index in [1.54, 1.807) is 18.5 Å². The van der Waals surface area contributed by atoms with Gasteiger partial charge in [0, 0.05) is 32.1 Å². The highest BCUT2D eigenvalue weighted by atomic mass is 35.5. The number of H-pyrrole nitrogens is 1. The van der Waals surface area contributed by atoms with E-state index in [0.29, 0.717) is 26.8 Å². The van der Waals surface area contributed by atoms with Crippen LogP contribution >= 0.6 is 23.2 Å². The van der Waals surface area contributed by atoms with Crippen molar-refractivity contribution in [2.45, 2.75) is 13.0 Å². The Kier molecular flexibility index (Phi) is 5.44. The van der Waals surface area contributed by atoms with Crippen molar-refractivity contribution in [3.8, 4) is 22.5 Å². The van der Waals surface area contributed by atoms with Gasteiger partial charge in [0.05, 0.1) is 23.8 Å². The molecule has 2 aromatic heterocycles. The number of hydrogen-bond acceptors (Lipinski definition) is 2. The predicted molar refractivity (Wildman–Crippen MR) is 132 cm³/mol. The molecule has 1 unspecified atom stereocenters. The molecule has 5 rings (SSSR count). The highest BCUT2D eigenvalue weighted by molar-refractivity contribution is 6.31. The largest absolute Gasteiger partial charge is 0.477 e. The molecule has 0 aliphatic carbocycles. The van der Waals surface area contributed by atoms with Gasteiger partial charge >= 0.3 is 5.97 Å². The summed E-state index contributed by atoms with van der Waals surface area (Å²) in [4.78, 5) is 20.1. The maximum atomic E-state index is 12.3. The molecule has 0 saturated heterocycles. The number of rotatable bonds is 5. The van der Waals surface area contributed by atoms with Crippen molar-refractivity contribution in [2.75, 3.05) is 0 Å². The van der Waals surface area contributed by atoms with Gasteiger partial charge in [-0.15, -0.1) is 0 Å². The van der Waals surface area contributed by atoms with Crippen LogP contribution in [0.1, 0.15) is 29.0 Å². The molecule has 5 aromatic rings. The van der Waals surface area contributed by atoms with Gasteiger partial charge in [0.1, 0.15) is 5.69 Å². The molecule has 0 aliphatic rings. The second-order valence-corrected chi connectivity index (χ2v) is 8.69. The molecule has 0 saturated carbocycles. The first kappa shape index (κ1) is 21.3. The van der Waals surface area contributed by atoms with Crippen LogP contribution in [0.25, 0.3) is 33.4 Å². The third-order valence-electron chi connectivity index (χ3n) is 5.82. The summed E-state index contributed by atoms with van der Waals surface area (Å²) in [6, 6.07) is 22.6. The Morgan fingerprint density at radius 2 is 1.70 bits per heavy atom. The lowest BCUT2D eigenvalue weighted by Gasteiger charge is -2.19. The van der Waals surface area contributed by atoms with Crippen molar-refractivity contribution in [3.63, 3.8) is 0 Å².